The van der Waals surface area contributed by atoms with Gasteiger partial charge in [-0.25, -0.2) is 14.6 Å². The zero-order valence-electron chi connectivity index (χ0n) is 11.9. The third-order valence-electron chi connectivity index (χ3n) is 4.60. The van der Waals surface area contributed by atoms with Crippen molar-refractivity contribution >= 4 is 17.8 Å². The Morgan fingerprint density at radius 1 is 1.43 bits per heavy atom. The van der Waals surface area contributed by atoms with Gasteiger partial charge in [-0.05, 0) is 36.8 Å². The van der Waals surface area contributed by atoms with Crippen LogP contribution in [0.1, 0.15) is 29.6 Å². The fraction of sp³-hybridized carbons (Fsp3) is 0.533. The Bertz CT molecular complexity index is 575. The summed E-state index contributed by atoms with van der Waals surface area (Å²) in [4.78, 5) is 29.3. The van der Waals surface area contributed by atoms with E-state index in [1.54, 1.807) is 12.1 Å². The molecule has 1 N–H and O–H groups in total. The minimum absolute atomic E-state index is 0.186. The number of aliphatic carboxylic acids is 1. The lowest BCUT2D eigenvalue weighted by Crippen LogP contribution is -2.40. The monoisotopic (exact) mass is 290 g/mol. The quantitative estimate of drug-likeness (QED) is 0.851. The van der Waals surface area contributed by atoms with Gasteiger partial charge in [0.15, 0.2) is 0 Å². The molecule has 21 heavy (non-hydrogen) atoms. The standard InChI is InChI=1S/C15H18N2O4/c1-21-15(20)9-5-6-16-12(7-9)17-8-10-3-2-4-11(10)13(17)14(18)19/h5-7,10-11,13H,2-4,8H2,1H3,(H,18,19). The number of carbonyl (C=O) groups is 2. The zero-order chi connectivity index (χ0) is 15.0. The average Bonchev–Trinajstić information content (AvgIpc) is 3.06. The predicted molar refractivity (Wildman–Crippen MR) is 75.2 cm³/mol. The summed E-state index contributed by atoms with van der Waals surface area (Å²) in [7, 11) is 1.32. The smallest absolute Gasteiger partial charge is 0.338 e. The van der Waals surface area contributed by atoms with E-state index >= 15 is 0 Å². The molecule has 2 fully saturated rings. The van der Waals surface area contributed by atoms with Crippen molar-refractivity contribution in [3.8, 4) is 0 Å². The van der Waals surface area contributed by atoms with Crippen LogP contribution >= 0.6 is 0 Å². The molecule has 0 aromatic carbocycles. The number of rotatable bonds is 3. The number of methoxy groups -OCH3 is 1. The molecule has 1 saturated carbocycles. The van der Waals surface area contributed by atoms with Crippen molar-refractivity contribution in [1.29, 1.82) is 0 Å². The normalized spacial score (nSPS) is 27.5. The molecule has 1 saturated heterocycles. The van der Waals surface area contributed by atoms with Gasteiger partial charge in [0.05, 0.1) is 12.7 Å². The number of carboxylic acids is 1. The van der Waals surface area contributed by atoms with Gasteiger partial charge in [-0.15, -0.1) is 0 Å². The van der Waals surface area contributed by atoms with Crippen molar-refractivity contribution in [2.45, 2.75) is 25.3 Å². The van der Waals surface area contributed by atoms with Crippen LogP contribution in [0.4, 0.5) is 5.82 Å². The third-order valence-corrected chi connectivity index (χ3v) is 4.60. The van der Waals surface area contributed by atoms with E-state index in [2.05, 4.69) is 4.98 Å². The molecule has 0 bridgehead atoms. The number of nitrogens with zero attached hydrogens (tertiary/aromatic N) is 2. The first-order valence-corrected chi connectivity index (χ1v) is 7.15. The molecule has 6 heteroatoms. The molecule has 6 nitrogen and oxygen atoms in total. The molecule has 1 aliphatic carbocycles. The van der Waals surface area contributed by atoms with E-state index in [-0.39, 0.29) is 5.92 Å². The first-order valence-electron chi connectivity index (χ1n) is 7.15. The number of ether oxygens (including phenoxy) is 1. The second-order valence-electron chi connectivity index (χ2n) is 5.68. The van der Waals surface area contributed by atoms with Crippen molar-refractivity contribution in [2.75, 3.05) is 18.6 Å². The Morgan fingerprint density at radius 2 is 2.24 bits per heavy atom. The highest BCUT2D eigenvalue weighted by molar-refractivity contribution is 5.90. The van der Waals surface area contributed by atoms with Gasteiger partial charge in [0.25, 0.3) is 0 Å². The van der Waals surface area contributed by atoms with Crippen LogP contribution in [0.5, 0.6) is 0 Å². The minimum Gasteiger partial charge on any atom is -0.480 e. The van der Waals surface area contributed by atoms with Gasteiger partial charge in [0, 0.05) is 12.7 Å². The van der Waals surface area contributed by atoms with E-state index in [4.69, 9.17) is 4.74 Å². The van der Waals surface area contributed by atoms with Crippen LogP contribution in [0, 0.1) is 11.8 Å². The third kappa shape index (κ3) is 2.34. The molecule has 1 aromatic rings. The van der Waals surface area contributed by atoms with Crippen LogP contribution in [-0.4, -0.2) is 41.7 Å². The predicted octanol–water partition coefficient (Wildman–Crippen LogP) is 1.56. The largest absolute Gasteiger partial charge is 0.480 e. The number of carboxylic acid groups (broad SMARTS) is 1. The van der Waals surface area contributed by atoms with Crippen molar-refractivity contribution in [1.82, 2.24) is 4.98 Å². The molecule has 0 spiro atoms. The van der Waals surface area contributed by atoms with Crippen LogP contribution < -0.4 is 4.90 Å². The highest BCUT2D eigenvalue weighted by Crippen LogP contribution is 2.43. The number of esters is 1. The maximum absolute atomic E-state index is 11.6. The Balaban J connectivity index is 1.92. The Labute approximate surface area is 122 Å². The zero-order valence-corrected chi connectivity index (χ0v) is 11.9. The number of aromatic nitrogens is 1. The van der Waals surface area contributed by atoms with Gasteiger partial charge in [-0.2, -0.15) is 0 Å². The Kier molecular flexibility index (Phi) is 3.53. The fourth-order valence-electron chi connectivity index (χ4n) is 3.68. The van der Waals surface area contributed by atoms with Crippen molar-refractivity contribution < 1.29 is 19.4 Å². The van der Waals surface area contributed by atoms with E-state index in [9.17, 15) is 14.7 Å². The molecule has 0 amide bonds. The fourth-order valence-corrected chi connectivity index (χ4v) is 3.68. The van der Waals surface area contributed by atoms with Gasteiger partial charge in [-0.3, -0.25) is 0 Å². The molecule has 2 aliphatic rings. The number of fused-ring (bicyclic) bond motifs is 1. The summed E-state index contributed by atoms with van der Waals surface area (Å²) in [6.07, 6.45) is 4.65. The van der Waals surface area contributed by atoms with E-state index < -0.39 is 18.0 Å². The SMILES string of the molecule is COC(=O)c1ccnc(N2CC3CCCC3C2C(=O)O)c1. The second kappa shape index (κ2) is 5.35. The van der Waals surface area contributed by atoms with Crippen LogP contribution in [-0.2, 0) is 9.53 Å². The first-order chi connectivity index (χ1) is 10.1. The first kappa shape index (κ1) is 13.9. The molecule has 3 unspecified atom stereocenters. The van der Waals surface area contributed by atoms with Gasteiger partial charge in [-0.1, -0.05) is 6.42 Å². The number of anilines is 1. The molecule has 1 aromatic heterocycles. The van der Waals surface area contributed by atoms with Crippen molar-refractivity contribution in [3.05, 3.63) is 23.9 Å². The van der Waals surface area contributed by atoms with Crippen molar-refractivity contribution in [3.63, 3.8) is 0 Å². The highest BCUT2D eigenvalue weighted by Gasteiger charge is 2.48. The molecular weight excluding hydrogens is 272 g/mol. The number of pyridine rings is 1. The van der Waals surface area contributed by atoms with Crippen molar-refractivity contribution in [2.24, 2.45) is 11.8 Å². The van der Waals surface area contributed by atoms with E-state index in [1.807, 2.05) is 4.90 Å². The Hall–Kier alpha value is -2.11. The summed E-state index contributed by atoms with van der Waals surface area (Å²) in [6, 6.07) is 2.64. The highest BCUT2D eigenvalue weighted by atomic mass is 16.5. The summed E-state index contributed by atoms with van der Waals surface area (Å²) in [5, 5.41) is 9.56. The molecular formula is C15H18N2O4. The second-order valence-corrected chi connectivity index (χ2v) is 5.68. The van der Waals surface area contributed by atoms with Gasteiger partial charge in [0.1, 0.15) is 11.9 Å². The number of hydrogen-bond donors (Lipinski definition) is 1. The minimum atomic E-state index is -0.810. The lowest BCUT2D eigenvalue weighted by Gasteiger charge is -2.25. The molecule has 2 heterocycles. The lowest BCUT2D eigenvalue weighted by atomic mass is 9.94. The van der Waals surface area contributed by atoms with Gasteiger partial charge < -0.3 is 14.7 Å². The summed E-state index contributed by atoms with van der Waals surface area (Å²) < 4.78 is 4.70. The van der Waals surface area contributed by atoms with Crippen LogP contribution in [0.3, 0.4) is 0 Å². The average molecular weight is 290 g/mol. The summed E-state index contributed by atoms with van der Waals surface area (Å²) in [5.74, 6) is -0.111. The lowest BCUT2D eigenvalue weighted by molar-refractivity contribution is -0.139. The van der Waals surface area contributed by atoms with Crippen LogP contribution in [0.25, 0.3) is 0 Å². The van der Waals surface area contributed by atoms with E-state index in [1.165, 1.54) is 13.3 Å². The molecule has 0 radical (unpaired) electrons. The van der Waals surface area contributed by atoms with Crippen LogP contribution in [0.15, 0.2) is 18.3 Å². The Morgan fingerprint density at radius 3 is 2.95 bits per heavy atom. The maximum atomic E-state index is 11.6. The topological polar surface area (TPSA) is 79.7 Å². The number of carbonyl (C=O) groups excluding carboxylic acids is 1. The van der Waals surface area contributed by atoms with Gasteiger partial charge >= 0.3 is 11.9 Å². The maximum Gasteiger partial charge on any atom is 0.338 e. The summed E-state index contributed by atoms with van der Waals surface area (Å²) in [6.45, 7) is 0.694. The van der Waals surface area contributed by atoms with Crippen LogP contribution in [0.2, 0.25) is 0 Å². The van der Waals surface area contributed by atoms with E-state index in [0.717, 1.165) is 19.3 Å². The van der Waals surface area contributed by atoms with Gasteiger partial charge in [0.2, 0.25) is 0 Å². The summed E-state index contributed by atoms with van der Waals surface area (Å²) in [5.41, 5.74) is 0.392. The molecule has 112 valence electrons. The molecule has 1 aliphatic heterocycles. The van der Waals surface area contributed by atoms with E-state index in [0.29, 0.717) is 23.8 Å². The summed E-state index contributed by atoms with van der Waals surface area (Å²) >= 11 is 0. The number of hydrogen-bond acceptors (Lipinski definition) is 5. The molecule has 3 atom stereocenters. The molecule has 3 rings (SSSR count).